The highest BCUT2D eigenvalue weighted by molar-refractivity contribution is 7.11. The third kappa shape index (κ3) is 3.04. The van der Waals surface area contributed by atoms with E-state index in [1.54, 1.807) is 11.3 Å². The molecule has 0 fully saturated rings. The maximum absolute atomic E-state index is 11.3. The van der Waals surface area contributed by atoms with E-state index in [4.69, 9.17) is 11.6 Å². The lowest BCUT2D eigenvalue weighted by Gasteiger charge is -2.11. The molecule has 15 heavy (non-hydrogen) atoms. The van der Waals surface area contributed by atoms with Crippen LogP contribution in [0, 0.1) is 13.8 Å². The van der Waals surface area contributed by atoms with Crippen molar-refractivity contribution < 1.29 is 4.79 Å². The Morgan fingerprint density at radius 2 is 2.20 bits per heavy atom. The second-order valence-corrected chi connectivity index (χ2v) is 4.97. The van der Waals surface area contributed by atoms with Crippen molar-refractivity contribution in [3.8, 4) is 0 Å². The van der Waals surface area contributed by atoms with Gasteiger partial charge in [-0.2, -0.15) is 0 Å². The van der Waals surface area contributed by atoms with Crippen LogP contribution in [0.4, 0.5) is 0 Å². The second kappa shape index (κ2) is 4.77. The predicted octanol–water partition coefficient (Wildman–Crippen LogP) is 2.69. The zero-order valence-electron chi connectivity index (χ0n) is 8.93. The van der Waals surface area contributed by atoms with Crippen LogP contribution < -0.4 is 5.32 Å². The molecule has 1 N–H and O–H groups in total. The Labute approximate surface area is 98.2 Å². The molecular formula is C10H13ClN2OS. The number of rotatable bonds is 3. The molecule has 0 spiro atoms. The zero-order valence-corrected chi connectivity index (χ0v) is 10.5. The van der Waals surface area contributed by atoms with Crippen molar-refractivity contribution in [2.75, 3.05) is 0 Å². The first-order chi connectivity index (χ1) is 6.91. The van der Waals surface area contributed by atoms with Crippen LogP contribution in [-0.4, -0.2) is 10.9 Å². The highest BCUT2D eigenvalue weighted by Crippen LogP contribution is 2.24. The van der Waals surface area contributed by atoms with Gasteiger partial charge in [-0.15, -0.1) is 11.3 Å². The molecule has 0 saturated carbocycles. The van der Waals surface area contributed by atoms with Crippen LogP contribution in [0.3, 0.4) is 0 Å². The number of aryl methyl sites for hydroxylation is 2. The Hall–Kier alpha value is -0.870. The van der Waals surface area contributed by atoms with Gasteiger partial charge >= 0.3 is 0 Å². The maximum Gasteiger partial charge on any atom is 0.262 e. The molecule has 1 aromatic heterocycles. The standard InChI is InChI=1S/C10H13ClN2OS/c1-5(11)10(14)13-7(3)9-6(2)12-8(4)15-9/h7H,1H2,2-4H3,(H,13,14). The summed E-state index contributed by atoms with van der Waals surface area (Å²) >= 11 is 7.06. The van der Waals surface area contributed by atoms with E-state index < -0.39 is 0 Å². The van der Waals surface area contributed by atoms with Crippen LogP contribution in [0.1, 0.15) is 28.5 Å². The third-order valence-electron chi connectivity index (χ3n) is 1.93. The van der Waals surface area contributed by atoms with Gasteiger partial charge < -0.3 is 5.32 Å². The van der Waals surface area contributed by atoms with E-state index in [9.17, 15) is 4.79 Å². The van der Waals surface area contributed by atoms with Gasteiger partial charge in [0.15, 0.2) is 0 Å². The fourth-order valence-electron chi connectivity index (χ4n) is 1.29. The van der Waals surface area contributed by atoms with Crippen LogP contribution in [0.25, 0.3) is 0 Å². The first-order valence-electron chi connectivity index (χ1n) is 4.51. The molecule has 0 aliphatic rings. The lowest BCUT2D eigenvalue weighted by molar-refractivity contribution is -0.117. The minimum Gasteiger partial charge on any atom is -0.344 e. The summed E-state index contributed by atoms with van der Waals surface area (Å²) in [6, 6.07) is -0.0841. The summed E-state index contributed by atoms with van der Waals surface area (Å²) in [5.41, 5.74) is 0.950. The Morgan fingerprint density at radius 3 is 2.60 bits per heavy atom. The number of hydrogen-bond acceptors (Lipinski definition) is 3. The molecule has 82 valence electrons. The Balaban J connectivity index is 2.77. The van der Waals surface area contributed by atoms with Crippen LogP contribution >= 0.6 is 22.9 Å². The van der Waals surface area contributed by atoms with Crippen LogP contribution in [0.2, 0.25) is 0 Å². The topological polar surface area (TPSA) is 42.0 Å². The number of carbonyl (C=O) groups is 1. The summed E-state index contributed by atoms with van der Waals surface area (Å²) in [6.45, 7) is 9.14. The molecular weight excluding hydrogens is 232 g/mol. The number of nitrogens with zero attached hydrogens (tertiary/aromatic N) is 1. The van der Waals surface area contributed by atoms with Gasteiger partial charge in [0.1, 0.15) is 0 Å². The molecule has 0 aliphatic heterocycles. The highest BCUT2D eigenvalue weighted by atomic mass is 35.5. The van der Waals surface area contributed by atoms with Crippen molar-refractivity contribution in [1.82, 2.24) is 10.3 Å². The Morgan fingerprint density at radius 1 is 1.60 bits per heavy atom. The molecule has 0 saturated heterocycles. The molecule has 0 aliphatic carbocycles. The second-order valence-electron chi connectivity index (χ2n) is 3.28. The normalized spacial score (nSPS) is 12.3. The molecule has 0 bridgehead atoms. The smallest absolute Gasteiger partial charge is 0.262 e. The first-order valence-corrected chi connectivity index (χ1v) is 5.70. The first kappa shape index (κ1) is 12.2. The average molecular weight is 245 g/mol. The Bertz CT molecular complexity index is 400. The van der Waals surface area contributed by atoms with Gasteiger partial charge in [-0.25, -0.2) is 4.98 Å². The number of thiazole rings is 1. The van der Waals surface area contributed by atoms with E-state index in [2.05, 4.69) is 16.9 Å². The summed E-state index contributed by atoms with van der Waals surface area (Å²) < 4.78 is 0. The van der Waals surface area contributed by atoms with E-state index in [1.165, 1.54) is 0 Å². The molecule has 1 amide bonds. The van der Waals surface area contributed by atoms with Gasteiger partial charge in [0.25, 0.3) is 5.91 Å². The summed E-state index contributed by atoms with van der Waals surface area (Å²) in [5.74, 6) is -0.338. The lowest BCUT2D eigenvalue weighted by Crippen LogP contribution is -2.26. The van der Waals surface area contributed by atoms with Gasteiger partial charge in [0.2, 0.25) is 0 Å². The number of aromatic nitrogens is 1. The van der Waals surface area contributed by atoms with Crippen LogP contribution in [-0.2, 0) is 4.79 Å². The number of carbonyl (C=O) groups excluding carboxylic acids is 1. The number of halogens is 1. The van der Waals surface area contributed by atoms with E-state index >= 15 is 0 Å². The molecule has 1 rings (SSSR count). The number of nitrogens with one attached hydrogen (secondary N) is 1. The van der Waals surface area contributed by atoms with E-state index in [0.717, 1.165) is 15.6 Å². The molecule has 0 radical (unpaired) electrons. The molecule has 5 heteroatoms. The lowest BCUT2D eigenvalue weighted by atomic mass is 10.2. The summed E-state index contributed by atoms with van der Waals surface area (Å²) in [6.07, 6.45) is 0. The van der Waals surface area contributed by atoms with Crippen molar-refractivity contribution in [1.29, 1.82) is 0 Å². The van der Waals surface area contributed by atoms with Gasteiger partial charge in [0.05, 0.1) is 21.8 Å². The maximum atomic E-state index is 11.3. The van der Waals surface area contributed by atoms with Crippen LogP contribution in [0.15, 0.2) is 11.6 Å². The fourth-order valence-corrected chi connectivity index (χ4v) is 2.27. The summed E-state index contributed by atoms with van der Waals surface area (Å²) in [7, 11) is 0. The highest BCUT2D eigenvalue weighted by Gasteiger charge is 2.15. The van der Waals surface area contributed by atoms with Gasteiger partial charge in [-0.1, -0.05) is 18.2 Å². The molecule has 3 nitrogen and oxygen atoms in total. The van der Waals surface area contributed by atoms with Crippen molar-refractivity contribution in [3.05, 3.63) is 27.2 Å². The molecule has 1 atom stereocenters. The fraction of sp³-hybridized carbons (Fsp3) is 0.400. The van der Waals surface area contributed by atoms with Crippen molar-refractivity contribution >= 4 is 28.8 Å². The van der Waals surface area contributed by atoms with Gasteiger partial charge in [-0.05, 0) is 20.8 Å². The largest absolute Gasteiger partial charge is 0.344 e. The SMILES string of the molecule is C=C(Cl)C(=O)NC(C)c1sc(C)nc1C. The Kier molecular flexibility index (Phi) is 3.88. The predicted molar refractivity (Wildman–Crippen MR) is 63.1 cm³/mol. The van der Waals surface area contributed by atoms with Gasteiger partial charge in [0, 0.05) is 4.88 Å². The third-order valence-corrected chi connectivity index (χ3v) is 3.35. The van der Waals surface area contributed by atoms with E-state index in [-0.39, 0.29) is 17.0 Å². The van der Waals surface area contributed by atoms with Crippen molar-refractivity contribution in [2.24, 2.45) is 0 Å². The molecule has 1 aromatic rings. The summed E-state index contributed by atoms with van der Waals surface area (Å²) in [4.78, 5) is 16.6. The summed E-state index contributed by atoms with van der Waals surface area (Å²) in [5, 5.41) is 3.74. The minimum atomic E-state index is -0.338. The molecule has 1 unspecified atom stereocenters. The number of amides is 1. The van der Waals surface area contributed by atoms with Crippen molar-refractivity contribution in [2.45, 2.75) is 26.8 Å². The molecule has 0 aromatic carbocycles. The van der Waals surface area contributed by atoms with Crippen LogP contribution in [0.5, 0.6) is 0 Å². The average Bonchev–Trinajstić information content (AvgIpc) is 2.44. The number of hydrogen-bond donors (Lipinski definition) is 1. The minimum absolute atomic E-state index is 0.000685. The quantitative estimate of drug-likeness (QED) is 0.831. The van der Waals surface area contributed by atoms with E-state index in [1.807, 2.05) is 20.8 Å². The van der Waals surface area contributed by atoms with Crippen molar-refractivity contribution in [3.63, 3.8) is 0 Å². The molecule has 1 heterocycles. The van der Waals surface area contributed by atoms with E-state index in [0.29, 0.717) is 0 Å². The van der Waals surface area contributed by atoms with Gasteiger partial charge in [-0.3, -0.25) is 4.79 Å². The zero-order chi connectivity index (χ0) is 11.6. The monoisotopic (exact) mass is 244 g/mol.